The number of benzene rings is 2. The van der Waals surface area contributed by atoms with E-state index >= 15 is 0 Å². The van der Waals surface area contributed by atoms with Crippen molar-refractivity contribution in [2.45, 2.75) is 12.5 Å². The van der Waals surface area contributed by atoms with Gasteiger partial charge in [-0.05, 0) is 36.4 Å². The Labute approximate surface area is 168 Å². The number of halogens is 3. The van der Waals surface area contributed by atoms with Crippen LogP contribution in [-0.2, 0) is 14.3 Å². The van der Waals surface area contributed by atoms with Gasteiger partial charge < -0.3 is 24.5 Å². The first-order valence-corrected chi connectivity index (χ1v) is 8.71. The second kappa shape index (κ2) is 8.87. The number of hydrogen-bond acceptors (Lipinski definition) is 5. The number of amides is 2. The first-order valence-electron chi connectivity index (χ1n) is 8.71. The Bertz CT molecular complexity index is 998. The normalized spacial score (nSPS) is 12.4. The number of hydrogen-bond donors (Lipinski definition) is 2. The maximum atomic E-state index is 12.2. The summed E-state index contributed by atoms with van der Waals surface area (Å²) in [6.07, 6.45) is -5.43. The van der Waals surface area contributed by atoms with Crippen LogP contribution in [0.2, 0.25) is 0 Å². The zero-order valence-electron chi connectivity index (χ0n) is 15.7. The summed E-state index contributed by atoms with van der Waals surface area (Å²) in [5.41, 5.74) is 0.793. The lowest BCUT2D eigenvalue weighted by atomic mass is 10.2. The Kier molecular flexibility index (Phi) is 6.26. The van der Waals surface area contributed by atoms with E-state index in [0.29, 0.717) is 11.3 Å². The monoisotopic (exact) mass is 422 g/mol. The predicted octanol–water partition coefficient (Wildman–Crippen LogP) is 3.77. The van der Waals surface area contributed by atoms with Crippen LogP contribution in [0.25, 0.3) is 11.0 Å². The highest BCUT2D eigenvalue weighted by molar-refractivity contribution is 6.39. The molecule has 0 bridgehead atoms. The van der Waals surface area contributed by atoms with Crippen molar-refractivity contribution in [2.24, 2.45) is 0 Å². The SMILES string of the molecule is CO[C@@H](CNC(=O)C(=O)Nc1ccc(OC(F)(F)F)cc1)c1cc2ccccc2o1. The quantitative estimate of drug-likeness (QED) is 0.591. The van der Waals surface area contributed by atoms with Crippen LogP contribution in [0.15, 0.2) is 59.0 Å². The molecule has 0 saturated carbocycles. The molecule has 0 saturated heterocycles. The number of alkyl halides is 3. The van der Waals surface area contributed by atoms with E-state index in [1.807, 2.05) is 18.2 Å². The van der Waals surface area contributed by atoms with Crippen molar-refractivity contribution in [1.82, 2.24) is 5.32 Å². The average molecular weight is 422 g/mol. The third-order valence-corrected chi connectivity index (χ3v) is 4.05. The summed E-state index contributed by atoms with van der Waals surface area (Å²) >= 11 is 0. The number of ether oxygens (including phenoxy) is 2. The van der Waals surface area contributed by atoms with E-state index in [1.165, 1.54) is 19.2 Å². The molecule has 0 aliphatic rings. The standard InChI is InChI=1S/C20H17F3N2O5/c1-28-17(16-10-12-4-2-3-5-15(12)29-16)11-24-18(26)19(27)25-13-6-8-14(9-7-13)30-20(21,22)23/h2-10,17H,11H2,1H3,(H,24,26)(H,25,27)/t17-/m0/s1. The molecule has 7 nitrogen and oxygen atoms in total. The number of furan rings is 1. The van der Waals surface area contributed by atoms with Crippen LogP contribution in [0.4, 0.5) is 18.9 Å². The lowest BCUT2D eigenvalue weighted by Crippen LogP contribution is -2.37. The topological polar surface area (TPSA) is 89.8 Å². The molecule has 0 spiro atoms. The van der Waals surface area contributed by atoms with E-state index in [0.717, 1.165) is 17.5 Å². The molecule has 2 aromatic carbocycles. The molecule has 30 heavy (non-hydrogen) atoms. The Hall–Kier alpha value is -3.53. The molecule has 0 aliphatic heterocycles. The van der Waals surface area contributed by atoms with Gasteiger partial charge in [0.05, 0.1) is 6.54 Å². The summed E-state index contributed by atoms with van der Waals surface area (Å²) in [4.78, 5) is 24.0. The first kappa shape index (κ1) is 21.2. The molecule has 158 valence electrons. The van der Waals surface area contributed by atoms with E-state index in [9.17, 15) is 22.8 Å². The predicted molar refractivity (Wildman–Crippen MR) is 101 cm³/mol. The highest BCUT2D eigenvalue weighted by atomic mass is 19.4. The minimum absolute atomic E-state index is 0.0268. The summed E-state index contributed by atoms with van der Waals surface area (Å²) < 4.78 is 51.2. The van der Waals surface area contributed by atoms with Gasteiger partial charge in [0.15, 0.2) is 0 Å². The van der Waals surface area contributed by atoms with Crippen molar-refractivity contribution in [2.75, 3.05) is 19.0 Å². The van der Waals surface area contributed by atoms with E-state index < -0.39 is 30.0 Å². The fourth-order valence-corrected chi connectivity index (χ4v) is 2.65. The van der Waals surface area contributed by atoms with Gasteiger partial charge in [0.25, 0.3) is 0 Å². The van der Waals surface area contributed by atoms with Gasteiger partial charge in [-0.2, -0.15) is 0 Å². The third-order valence-electron chi connectivity index (χ3n) is 4.05. The molecule has 0 radical (unpaired) electrons. The number of rotatable bonds is 6. The van der Waals surface area contributed by atoms with Gasteiger partial charge in [0.2, 0.25) is 0 Å². The molecule has 1 aromatic heterocycles. The molecule has 1 atom stereocenters. The van der Waals surface area contributed by atoms with Crippen molar-refractivity contribution in [3.63, 3.8) is 0 Å². The molecule has 3 rings (SSSR count). The summed E-state index contributed by atoms with van der Waals surface area (Å²) in [5, 5.41) is 5.58. The first-order chi connectivity index (χ1) is 14.2. The molecular weight excluding hydrogens is 405 g/mol. The van der Waals surface area contributed by atoms with Crippen LogP contribution in [0.3, 0.4) is 0 Å². The number of carbonyl (C=O) groups excluding carboxylic acids is 2. The molecular formula is C20H17F3N2O5. The van der Waals surface area contributed by atoms with Crippen LogP contribution >= 0.6 is 0 Å². The van der Waals surface area contributed by atoms with Crippen molar-refractivity contribution >= 4 is 28.5 Å². The molecule has 2 N–H and O–H groups in total. The number of anilines is 1. The van der Waals surface area contributed by atoms with Gasteiger partial charge in [-0.15, -0.1) is 13.2 Å². The van der Waals surface area contributed by atoms with Gasteiger partial charge in [-0.1, -0.05) is 18.2 Å². The van der Waals surface area contributed by atoms with Crippen molar-refractivity contribution in [1.29, 1.82) is 0 Å². The van der Waals surface area contributed by atoms with Crippen LogP contribution in [-0.4, -0.2) is 31.8 Å². The fourth-order valence-electron chi connectivity index (χ4n) is 2.65. The van der Waals surface area contributed by atoms with E-state index in [2.05, 4.69) is 15.4 Å². The van der Waals surface area contributed by atoms with Crippen LogP contribution < -0.4 is 15.4 Å². The van der Waals surface area contributed by atoms with E-state index in [1.54, 1.807) is 12.1 Å². The Morgan fingerprint density at radius 1 is 1.07 bits per heavy atom. The minimum atomic E-state index is -4.82. The number of carbonyl (C=O) groups is 2. The smallest absolute Gasteiger partial charge is 0.458 e. The van der Waals surface area contributed by atoms with Gasteiger partial charge in [0.1, 0.15) is 23.2 Å². The lowest BCUT2D eigenvalue weighted by molar-refractivity contribution is -0.274. The number of fused-ring (bicyclic) bond motifs is 1. The molecule has 10 heteroatoms. The number of para-hydroxylation sites is 1. The highest BCUT2D eigenvalue weighted by Crippen LogP contribution is 2.26. The van der Waals surface area contributed by atoms with Gasteiger partial charge in [-0.25, -0.2) is 0 Å². The largest absolute Gasteiger partial charge is 0.573 e. The second-order valence-electron chi connectivity index (χ2n) is 6.15. The summed E-state index contributed by atoms with van der Waals surface area (Å²) in [6.45, 7) is -0.0268. The fraction of sp³-hybridized carbons (Fsp3) is 0.200. The van der Waals surface area contributed by atoms with Crippen LogP contribution in [0.5, 0.6) is 5.75 Å². The Morgan fingerprint density at radius 3 is 2.40 bits per heavy atom. The van der Waals surface area contributed by atoms with Crippen LogP contribution in [0.1, 0.15) is 11.9 Å². The molecule has 2 amide bonds. The van der Waals surface area contributed by atoms with E-state index in [4.69, 9.17) is 9.15 Å². The minimum Gasteiger partial charge on any atom is -0.458 e. The van der Waals surface area contributed by atoms with Crippen molar-refractivity contribution in [3.05, 3.63) is 60.4 Å². The zero-order chi connectivity index (χ0) is 21.7. The second-order valence-corrected chi connectivity index (χ2v) is 6.15. The number of nitrogens with one attached hydrogen (secondary N) is 2. The molecule has 0 fully saturated rings. The van der Waals surface area contributed by atoms with Crippen LogP contribution in [0, 0.1) is 0 Å². The van der Waals surface area contributed by atoms with Gasteiger partial charge in [0, 0.05) is 18.2 Å². The Morgan fingerprint density at radius 2 is 1.77 bits per heavy atom. The van der Waals surface area contributed by atoms with E-state index in [-0.39, 0.29) is 12.2 Å². The number of methoxy groups -OCH3 is 1. The maximum absolute atomic E-state index is 12.2. The summed E-state index contributed by atoms with van der Waals surface area (Å²) in [5.74, 6) is -1.89. The van der Waals surface area contributed by atoms with Crippen molar-refractivity contribution in [3.8, 4) is 5.75 Å². The molecule has 3 aromatic rings. The molecule has 0 unspecified atom stereocenters. The summed E-state index contributed by atoms with van der Waals surface area (Å²) in [6, 6.07) is 13.5. The molecule has 1 heterocycles. The zero-order valence-corrected chi connectivity index (χ0v) is 15.7. The average Bonchev–Trinajstić information content (AvgIpc) is 3.12. The highest BCUT2D eigenvalue weighted by Gasteiger charge is 2.31. The molecule has 0 aliphatic carbocycles. The maximum Gasteiger partial charge on any atom is 0.573 e. The lowest BCUT2D eigenvalue weighted by Gasteiger charge is -2.14. The Balaban J connectivity index is 1.55. The summed E-state index contributed by atoms with van der Waals surface area (Å²) in [7, 11) is 1.44. The van der Waals surface area contributed by atoms with Gasteiger partial charge >= 0.3 is 18.2 Å². The third kappa shape index (κ3) is 5.51. The van der Waals surface area contributed by atoms with Crippen molar-refractivity contribution < 1.29 is 36.7 Å². The van der Waals surface area contributed by atoms with Gasteiger partial charge in [-0.3, -0.25) is 9.59 Å².